The van der Waals surface area contributed by atoms with Gasteiger partial charge in [-0.15, -0.1) is 10.2 Å². The van der Waals surface area contributed by atoms with E-state index in [1.165, 1.54) is 24.3 Å². The maximum Gasteiger partial charge on any atom is 0.277 e. The van der Waals surface area contributed by atoms with E-state index >= 15 is 0 Å². The lowest BCUT2D eigenvalue weighted by Crippen LogP contribution is -2.12. The number of carbonyl (C=O) groups excluding carboxylic acids is 1. The van der Waals surface area contributed by atoms with Gasteiger partial charge in [0.2, 0.25) is 11.8 Å². The Hall–Kier alpha value is -4.06. The van der Waals surface area contributed by atoms with E-state index < -0.39 is 5.91 Å². The Morgan fingerprint density at radius 1 is 1.34 bits per heavy atom. The Morgan fingerprint density at radius 3 is 3.00 bits per heavy atom. The Balaban J connectivity index is 1.56. The van der Waals surface area contributed by atoms with Crippen LogP contribution in [0.3, 0.4) is 0 Å². The van der Waals surface area contributed by atoms with Crippen molar-refractivity contribution in [3.63, 3.8) is 0 Å². The highest BCUT2D eigenvalue weighted by Gasteiger charge is 2.21. The standard InChI is InChI=1S/C17H16N8O4/c1-25-6-10(14(24-25)17-23-22-13(29-17)8-27-2)20-15(26)11-7-28-16(21-11)9-3-4-19-12(18)5-9/h3-7H,8H2,1-2H3,(H2,18,19)(H,20,26). The molecule has 0 aliphatic carbocycles. The lowest BCUT2D eigenvalue weighted by Gasteiger charge is -2.00. The second-order valence-electron chi connectivity index (χ2n) is 5.96. The van der Waals surface area contributed by atoms with Gasteiger partial charge < -0.3 is 24.6 Å². The predicted molar refractivity (Wildman–Crippen MR) is 99.3 cm³/mol. The summed E-state index contributed by atoms with van der Waals surface area (Å²) in [6.07, 6.45) is 4.39. The number of ether oxygens (including phenoxy) is 1. The number of pyridine rings is 1. The summed E-state index contributed by atoms with van der Waals surface area (Å²) < 4.78 is 17.4. The highest BCUT2D eigenvalue weighted by atomic mass is 16.5. The van der Waals surface area contributed by atoms with E-state index in [-0.39, 0.29) is 24.1 Å². The molecule has 148 valence electrons. The Morgan fingerprint density at radius 2 is 2.21 bits per heavy atom. The number of aromatic nitrogens is 6. The molecule has 0 atom stereocenters. The van der Waals surface area contributed by atoms with E-state index in [1.807, 2.05) is 0 Å². The fourth-order valence-corrected chi connectivity index (χ4v) is 2.55. The Kier molecular flexibility index (Phi) is 4.75. The molecule has 0 fully saturated rings. The predicted octanol–water partition coefficient (Wildman–Crippen LogP) is 1.50. The maximum atomic E-state index is 12.6. The summed E-state index contributed by atoms with van der Waals surface area (Å²) in [7, 11) is 3.22. The first kappa shape index (κ1) is 18.3. The molecule has 0 spiro atoms. The van der Waals surface area contributed by atoms with Crippen LogP contribution in [-0.4, -0.2) is 43.0 Å². The fraction of sp³-hybridized carbons (Fsp3) is 0.176. The fourth-order valence-electron chi connectivity index (χ4n) is 2.55. The van der Waals surface area contributed by atoms with Gasteiger partial charge in [-0.3, -0.25) is 9.48 Å². The van der Waals surface area contributed by atoms with Crippen LogP contribution in [0.2, 0.25) is 0 Å². The molecule has 0 aliphatic rings. The first-order chi connectivity index (χ1) is 14.0. The molecule has 29 heavy (non-hydrogen) atoms. The van der Waals surface area contributed by atoms with Gasteiger partial charge in [-0.2, -0.15) is 5.10 Å². The first-order valence-electron chi connectivity index (χ1n) is 8.37. The summed E-state index contributed by atoms with van der Waals surface area (Å²) >= 11 is 0. The van der Waals surface area contributed by atoms with Crippen molar-refractivity contribution in [3.8, 4) is 23.0 Å². The van der Waals surface area contributed by atoms with Gasteiger partial charge in [0.15, 0.2) is 11.4 Å². The second kappa shape index (κ2) is 7.52. The minimum Gasteiger partial charge on any atom is -0.444 e. The van der Waals surface area contributed by atoms with Crippen molar-refractivity contribution in [1.82, 2.24) is 29.9 Å². The molecule has 0 aromatic carbocycles. The summed E-state index contributed by atoms with van der Waals surface area (Å²) in [6, 6.07) is 3.27. The second-order valence-corrected chi connectivity index (χ2v) is 5.96. The van der Waals surface area contributed by atoms with Crippen molar-refractivity contribution in [3.05, 3.63) is 42.4 Å². The Labute approximate surface area is 163 Å². The van der Waals surface area contributed by atoms with Crippen molar-refractivity contribution in [1.29, 1.82) is 0 Å². The molecule has 3 N–H and O–H groups in total. The number of hydrogen-bond acceptors (Lipinski definition) is 10. The van der Waals surface area contributed by atoms with E-state index in [4.69, 9.17) is 19.3 Å². The largest absolute Gasteiger partial charge is 0.444 e. The molecule has 0 radical (unpaired) electrons. The van der Waals surface area contributed by atoms with Crippen molar-refractivity contribution in [2.45, 2.75) is 6.61 Å². The Bertz CT molecular complexity index is 1160. The summed E-state index contributed by atoms with van der Waals surface area (Å²) in [6.45, 7) is 0.169. The molecule has 0 aliphatic heterocycles. The van der Waals surface area contributed by atoms with E-state index in [0.29, 0.717) is 28.7 Å². The van der Waals surface area contributed by atoms with Crippen LogP contribution in [-0.2, 0) is 18.4 Å². The van der Waals surface area contributed by atoms with Gasteiger partial charge in [-0.1, -0.05) is 0 Å². The number of hydrogen-bond donors (Lipinski definition) is 2. The summed E-state index contributed by atoms with van der Waals surface area (Å²) in [5, 5.41) is 14.8. The number of oxazole rings is 1. The van der Waals surface area contributed by atoms with E-state index in [1.54, 1.807) is 25.4 Å². The smallest absolute Gasteiger partial charge is 0.277 e. The average Bonchev–Trinajstić information content (AvgIpc) is 3.42. The van der Waals surface area contributed by atoms with Gasteiger partial charge >= 0.3 is 0 Å². The van der Waals surface area contributed by atoms with E-state index in [0.717, 1.165) is 0 Å². The molecule has 0 bridgehead atoms. The minimum absolute atomic E-state index is 0.0794. The van der Waals surface area contributed by atoms with Gasteiger partial charge in [0.1, 0.15) is 18.7 Å². The molecule has 0 saturated carbocycles. The molecular weight excluding hydrogens is 380 g/mol. The zero-order valence-corrected chi connectivity index (χ0v) is 15.5. The number of nitrogens with zero attached hydrogens (tertiary/aromatic N) is 6. The molecule has 0 saturated heterocycles. The summed E-state index contributed by atoms with van der Waals surface area (Å²) in [4.78, 5) is 20.7. The number of methoxy groups -OCH3 is 1. The SMILES string of the molecule is COCc1nnc(-c2nn(C)cc2NC(=O)c2coc(-c3ccnc(N)c3)n2)o1. The molecule has 4 rings (SSSR count). The van der Waals surface area contributed by atoms with Crippen LogP contribution >= 0.6 is 0 Å². The monoisotopic (exact) mass is 396 g/mol. The van der Waals surface area contributed by atoms with Crippen LogP contribution in [0.25, 0.3) is 23.0 Å². The number of carbonyl (C=O) groups is 1. The molecule has 4 aromatic heterocycles. The van der Waals surface area contributed by atoms with Gasteiger partial charge in [-0.25, -0.2) is 9.97 Å². The molecule has 4 aromatic rings. The van der Waals surface area contributed by atoms with Crippen LogP contribution < -0.4 is 11.1 Å². The number of rotatable bonds is 6. The molecule has 12 nitrogen and oxygen atoms in total. The van der Waals surface area contributed by atoms with Gasteiger partial charge in [-0.05, 0) is 12.1 Å². The third kappa shape index (κ3) is 3.82. The average molecular weight is 396 g/mol. The van der Waals surface area contributed by atoms with Crippen molar-refractivity contribution in [2.75, 3.05) is 18.2 Å². The maximum absolute atomic E-state index is 12.6. The normalized spacial score (nSPS) is 11.0. The number of aryl methyl sites for hydroxylation is 1. The van der Waals surface area contributed by atoms with Crippen LogP contribution in [0.5, 0.6) is 0 Å². The quantitative estimate of drug-likeness (QED) is 0.488. The van der Waals surface area contributed by atoms with Crippen molar-refractivity contribution >= 4 is 17.4 Å². The number of anilines is 2. The molecule has 1 amide bonds. The zero-order valence-electron chi connectivity index (χ0n) is 15.5. The number of nitrogen functional groups attached to an aromatic ring is 1. The molecule has 12 heteroatoms. The zero-order chi connectivity index (χ0) is 20.4. The highest BCUT2D eigenvalue weighted by Crippen LogP contribution is 2.26. The van der Waals surface area contributed by atoms with Crippen LogP contribution in [0.4, 0.5) is 11.5 Å². The molecule has 4 heterocycles. The number of nitrogens with one attached hydrogen (secondary N) is 1. The minimum atomic E-state index is -0.493. The first-order valence-corrected chi connectivity index (χ1v) is 8.37. The summed E-state index contributed by atoms with van der Waals surface area (Å²) in [5.41, 5.74) is 7.05. The number of amides is 1. The van der Waals surface area contributed by atoms with E-state index in [9.17, 15) is 4.79 Å². The van der Waals surface area contributed by atoms with Crippen LogP contribution in [0.15, 0.2) is 39.6 Å². The van der Waals surface area contributed by atoms with Gasteiger partial charge in [0.05, 0.1) is 5.69 Å². The molecule has 0 unspecified atom stereocenters. The highest BCUT2D eigenvalue weighted by molar-refractivity contribution is 6.04. The lowest BCUT2D eigenvalue weighted by atomic mass is 10.2. The van der Waals surface area contributed by atoms with Gasteiger partial charge in [0.25, 0.3) is 11.8 Å². The summed E-state index contributed by atoms with van der Waals surface area (Å²) in [5.74, 6) is 0.521. The molecular formula is C17H16N8O4. The van der Waals surface area contributed by atoms with Crippen molar-refractivity contribution in [2.24, 2.45) is 7.05 Å². The lowest BCUT2D eigenvalue weighted by molar-refractivity contribution is 0.102. The van der Waals surface area contributed by atoms with Crippen LogP contribution in [0.1, 0.15) is 16.4 Å². The van der Waals surface area contributed by atoms with E-state index in [2.05, 4.69) is 30.6 Å². The van der Waals surface area contributed by atoms with Crippen LogP contribution in [0, 0.1) is 0 Å². The third-order valence-corrected chi connectivity index (χ3v) is 3.78. The third-order valence-electron chi connectivity index (χ3n) is 3.78. The van der Waals surface area contributed by atoms with Gasteiger partial charge in [0, 0.05) is 32.1 Å². The topological polar surface area (TPSA) is 160 Å². The number of nitrogens with two attached hydrogens (primary N) is 1. The van der Waals surface area contributed by atoms with Crippen molar-refractivity contribution < 1.29 is 18.4 Å².